The summed E-state index contributed by atoms with van der Waals surface area (Å²) in [7, 11) is -4.20. The highest BCUT2D eigenvalue weighted by atomic mass is 79.9. The Kier molecular flexibility index (Phi) is 4.12. The molecule has 0 spiro atoms. The van der Waals surface area contributed by atoms with Gasteiger partial charge >= 0.3 is 15.8 Å². The van der Waals surface area contributed by atoms with Crippen molar-refractivity contribution in [3.63, 3.8) is 0 Å². The van der Waals surface area contributed by atoms with E-state index in [0.29, 0.717) is 4.47 Å². The summed E-state index contributed by atoms with van der Waals surface area (Å²) < 4.78 is 31.2. The molecule has 1 aromatic heterocycles. The highest BCUT2D eigenvalue weighted by Crippen LogP contribution is 2.34. The molecule has 0 saturated heterocycles. The van der Waals surface area contributed by atoms with Gasteiger partial charge in [-0.2, -0.15) is 8.42 Å². The number of fused-ring (bicyclic) bond motifs is 2. The van der Waals surface area contributed by atoms with E-state index >= 15 is 0 Å². The van der Waals surface area contributed by atoms with Gasteiger partial charge in [0.2, 0.25) is 0 Å². The zero-order valence-corrected chi connectivity index (χ0v) is 15.9. The van der Waals surface area contributed by atoms with Crippen molar-refractivity contribution in [2.24, 2.45) is 0 Å². The van der Waals surface area contributed by atoms with E-state index in [4.69, 9.17) is 4.18 Å². The minimum Gasteiger partial charge on any atom is -0.378 e. The quantitative estimate of drug-likeness (QED) is 0.470. The minimum absolute atomic E-state index is 0.0388. The largest absolute Gasteiger partial charge is 0.378 e. The van der Waals surface area contributed by atoms with Crippen molar-refractivity contribution < 1.29 is 12.6 Å². The smallest absolute Gasteiger partial charge is 0.339 e. The van der Waals surface area contributed by atoms with Crippen LogP contribution in [-0.4, -0.2) is 18.4 Å². The summed E-state index contributed by atoms with van der Waals surface area (Å²) >= 11 is 3.38. The van der Waals surface area contributed by atoms with E-state index in [1.807, 2.05) is 24.3 Å². The summed E-state index contributed by atoms with van der Waals surface area (Å²) in [5, 5.41) is 1.77. The second kappa shape index (κ2) is 6.36. The van der Waals surface area contributed by atoms with E-state index < -0.39 is 21.4 Å². The Labute approximate surface area is 160 Å². The van der Waals surface area contributed by atoms with Gasteiger partial charge in [-0.05, 0) is 51.0 Å². The van der Waals surface area contributed by atoms with Crippen LogP contribution in [0.25, 0.3) is 21.7 Å². The Morgan fingerprint density at radius 3 is 2.48 bits per heavy atom. The fraction of sp³-hybridized carbons (Fsp3) is 0. The Balaban J connectivity index is 1.80. The number of H-pyrrole nitrogens is 2. The van der Waals surface area contributed by atoms with Crippen LogP contribution in [0.5, 0.6) is 5.75 Å². The number of halogens is 1. The molecule has 9 heteroatoms. The summed E-state index contributed by atoms with van der Waals surface area (Å²) in [6.45, 7) is 0. The molecule has 3 aromatic carbocycles. The van der Waals surface area contributed by atoms with E-state index in [0.717, 1.165) is 16.8 Å². The minimum atomic E-state index is -4.20. The molecule has 0 atom stereocenters. The molecule has 4 aromatic rings. The monoisotopic (exact) mass is 446 g/mol. The third-order valence-corrected chi connectivity index (χ3v) is 6.08. The van der Waals surface area contributed by atoms with Crippen LogP contribution in [-0.2, 0) is 10.1 Å². The van der Waals surface area contributed by atoms with Crippen molar-refractivity contribution in [1.82, 2.24) is 9.97 Å². The van der Waals surface area contributed by atoms with E-state index in [-0.39, 0.29) is 21.5 Å². The van der Waals surface area contributed by atoms with Crippen LogP contribution in [0.2, 0.25) is 0 Å². The molecule has 0 amide bonds. The number of hydrogen-bond donors (Lipinski definition) is 2. The van der Waals surface area contributed by atoms with Crippen LogP contribution in [0.1, 0.15) is 0 Å². The van der Waals surface area contributed by atoms with Crippen molar-refractivity contribution in [1.29, 1.82) is 0 Å². The number of aromatic amines is 2. The van der Waals surface area contributed by atoms with Gasteiger partial charge in [-0.15, -0.1) is 0 Å². The first-order valence-electron chi connectivity index (χ1n) is 7.73. The van der Waals surface area contributed by atoms with Crippen LogP contribution >= 0.6 is 15.9 Å². The molecule has 136 valence electrons. The molecular formula is C18H11BrN2O5S. The Morgan fingerprint density at radius 2 is 1.67 bits per heavy atom. The molecule has 7 nitrogen and oxygen atoms in total. The van der Waals surface area contributed by atoms with Crippen molar-refractivity contribution in [2.75, 3.05) is 0 Å². The molecule has 0 aliphatic carbocycles. The van der Waals surface area contributed by atoms with Gasteiger partial charge in [-0.3, -0.25) is 9.78 Å². The lowest BCUT2D eigenvalue weighted by molar-refractivity contribution is 0.485. The molecule has 0 unspecified atom stereocenters. The Morgan fingerprint density at radius 1 is 0.889 bits per heavy atom. The molecule has 0 aliphatic heterocycles. The van der Waals surface area contributed by atoms with E-state index in [1.165, 1.54) is 12.1 Å². The van der Waals surface area contributed by atoms with E-state index in [2.05, 4.69) is 25.9 Å². The summed E-state index contributed by atoms with van der Waals surface area (Å²) in [4.78, 5) is 27.5. The van der Waals surface area contributed by atoms with Crippen molar-refractivity contribution in [3.8, 4) is 5.75 Å². The Hall–Kier alpha value is -2.91. The summed E-state index contributed by atoms with van der Waals surface area (Å²) in [5.41, 5.74) is -1.12. The SMILES string of the molecule is O=c1[nH]c(=O)c2cc(S(=O)(=O)Oc3ccc4ccccc4c3Br)ccc2[nH]1. The third kappa shape index (κ3) is 3.15. The van der Waals surface area contributed by atoms with Gasteiger partial charge in [0, 0.05) is 0 Å². The average molecular weight is 447 g/mol. The molecule has 0 saturated carbocycles. The summed E-state index contributed by atoms with van der Waals surface area (Å²) in [6.07, 6.45) is 0. The standard InChI is InChI=1S/C18H11BrN2O5S/c19-16-12-4-2-1-3-10(12)5-8-15(16)26-27(24,25)11-6-7-14-13(9-11)17(22)21-18(23)20-14/h1-9H,(H2,20,21,22,23). The predicted octanol–water partition coefficient (Wildman–Crippen LogP) is 2.90. The Bertz CT molecular complexity index is 1420. The van der Waals surface area contributed by atoms with Crippen molar-refractivity contribution >= 4 is 47.7 Å². The first-order valence-corrected chi connectivity index (χ1v) is 9.93. The number of aromatic nitrogens is 2. The molecular weight excluding hydrogens is 436 g/mol. The zero-order chi connectivity index (χ0) is 19.2. The first kappa shape index (κ1) is 17.5. The lowest BCUT2D eigenvalue weighted by Gasteiger charge is -2.11. The highest BCUT2D eigenvalue weighted by Gasteiger charge is 2.20. The number of hydrogen-bond acceptors (Lipinski definition) is 5. The van der Waals surface area contributed by atoms with Gasteiger partial charge in [-0.1, -0.05) is 30.3 Å². The number of rotatable bonds is 3. The molecule has 0 aliphatic rings. The van der Waals surface area contributed by atoms with Gasteiger partial charge in [0.15, 0.2) is 5.75 Å². The second-order valence-corrected chi connectivity index (χ2v) is 8.09. The molecule has 27 heavy (non-hydrogen) atoms. The molecule has 1 heterocycles. The molecule has 0 bridgehead atoms. The highest BCUT2D eigenvalue weighted by molar-refractivity contribution is 9.10. The van der Waals surface area contributed by atoms with Crippen molar-refractivity contribution in [2.45, 2.75) is 4.90 Å². The van der Waals surface area contributed by atoms with Gasteiger partial charge < -0.3 is 9.17 Å². The number of benzene rings is 3. The fourth-order valence-corrected chi connectivity index (χ4v) is 4.39. The lowest BCUT2D eigenvalue weighted by atomic mass is 10.1. The lowest BCUT2D eigenvalue weighted by Crippen LogP contribution is -2.22. The molecule has 0 radical (unpaired) electrons. The fourth-order valence-electron chi connectivity index (χ4n) is 2.74. The zero-order valence-electron chi connectivity index (χ0n) is 13.5. The van der Waals surface area contributed by atoms with Gasteiger partial charge in [0.25, 0.3) is 5.56 Å². The van der Waals surface area contributed by atoms with Gasteiger partial charge in [0.1, 0.15) is 4.90 Å². The summed E-state index contributed by atoms with van der Waals surface area (Å²) in [5.74, 6) is 0.129. The van der Waals surface area contributed by atoms with Crippen molar-refractivity contribution in [3.05, 3.63) is 79.9 Å². The normalized spacial score (nSPS) is 11.7. The van der Waals surface area contributed by atoms with Gasteiger partial charge in [-0.25, -0.2) is 4.79 Å². The van der Waals surface area contributed by atoms with Crippen LogP contribution < -0.4 is 15.4 Å². The maximum absolute atomic E-state index is 12.7. The van der Waals surface area contributed by atoms with Crippen LogP contribution in [0.15, 0.2) is 73.6 Å². The van der Waals surface area contributed by atoms with E-state index in [9.17, 15) is 18.0 Å². The second-order valence-electron chi connectivity index (χ2n) is 5.75. The molecule has 0 fully saturated rings. The van der Waals surface area contributed by atoms with Gasteiger partial charge in [0.05, 0.1) is 15.4 Å². The molecule has 2 N–H and O–H groups in total. The average Bonchev–Trinajstić information content (AvgIpc) is 2.64. The van der Waals surface area contributed by atoms with E-state index in [1.54, 1.807) is 12.1 Å². The predicted molar refractivity (Wildman–Crippen MR) is 105 cm³/mol. The van der Waals surface area contributed by atoms with Crippen LogP contribution in [0.3, 0.4) is 0 Å². The molecule has 4 rings (SSSR count). The first-order chi connectivity index (χ1) is 12.8. The maximum Gasteiger partial charge on any atom is 0.339 e. The van der Waals surface area contributed by atoms with Crippen LogP contribution in [0.4, 0.5) is 0 Å². The summed E-state index contributed by atoms with van der Waals surface area (Å²) in [6, 6.07) is 14.5. The maximum atomic E-state index is 12.7. The topological polar surface area (TPSA) is 109 Å². The number of nitrogens with one attached hydrogen (secondary N) is 2. The third-order valence-electron chi connectivity index (χ3n) is 4.03. The van der Waals surface area contributed by atoms with Crippen LogP contribution in [0, 0.1) is 0 Å².